The van der Waals surface area contributed by atoms with Gasteiger partial charge >= 0.3 is 0 Å². The monoisotopic (exact) mass is 352 g/mol. The number of hydrogen-bond acceptors (Lipinski definition) is 1. The molecule has 4 aliphatic rings. The van der Waals surface area contributed by atoms with E-state index in [1.54, 1.807) is 0 Å². The highest BCUT2D eigenvalue weighted by Gasteiger charge is 2.60. The SMILES string of the molecule is C[C@]12CCCCC1CC[C@H]1[C@@H]3CCC(=O)[C@@]3(CBr)CC[C@@H]12. The summed E-state index contributed by atoms with van der Waals surface area (Å²) in [6.45, 7) is 2.62. The van der Waals surface area contributed by atoms with Crippen molar-refractivity contribution in [2.24, 2.45) is 34.5 Å². The first-order valence-corrected chi connectivity index (χ1v) is 10.3. The van der Waals surface area contributed by atoms with Gasteiger partial charge in [0.05, 0.1) is 0 Å². The summed E-state index contributed by atoms with van der Waals surface area (Å²) in [5.41, 5.74) is 0.629. The standard InChI is InChI=1S/C19H29BrO/c1-18-10-3-2-4-13(18)5-6-14-15(18)9-11-19(12-20)16(14)7-8-17(19)21/h13-16H,2-12H2,1H3/t13?,14-,15+,16+,18+,19-/m1/s1. The third kappa shape index (κ3) is 1.90. The predicted molar refractivity (Wildman–Crippen MR) is 89.5 cm³/mol. The molecule has 0 spiro atoms. The van der Waals surface area contributed by atoms with Crippen molar-refractivity contribution in [2.75, 3.05) is 5.33 Å². The maximum absolute atomic E-state index is 12.6. The zero-order valence-corrected chi connectivity index (χ0v) is 15.0. The van der Waals surface area contributed by atoms with E-state index in [2.05, 4.69) is 22.9 Å². The van der Waals surface area contributed by atoms with Gasteiger partial charge in [0.15, 0.2) is 0 Å². The number of ketones is 1. The molecule has 0 radical (unpaired) electrons. The zero-order valence-electron chi connectivity index (χ0n) is 13.4. The Kier molecular flexibility index (Phi) is 3.56. The maximum atomic E-state index is 12.6. The van der Waals surface area contributed by atoms with E-state index >= 15 is 0 Å². The second-order valence-electron chi connectivity index (χ2n) is 8.69. The van der Waals surface area contributed by atoms with Crippen LogP contribution in [0.5, 0.6) is 0 Å². The third-order valence-corrected chi connectivity index (χ3v) is 9.27. The summed E-state index contributed by atoms with van der Waals surface area (Å²) >= 11 is 3.73. The van der Waals surface area contributed by atoms with Gasteiger partial charge in [-0.25, -0.2) is 0 Å². The van der Waals surface area contributed by atoms with Gasteiger partial charge in [-0.2, -0.15) is 0 Å². The van der Waals surface area contributed by atoms with Crippen molar-refractivity contribution in [3.05, 3.63) is 0 Å². The van der Waals surface area contributed by atoms with Crippen LogP contribution in [0.3, 0.4) is 0 Å². The van der Waals surface area contributed by atoms with Gasteiger partial charge in [0.25, 0.3) is 0 Å². The normalized spacial score (nSPS) is 53.0. The van der Waals surface area contributed by atoms with Crippen molar-refractivity contribution < 1.29 is 4.79 Å². The molecule has 4 aliphatic carbocycles. The van der Waals surface area contributed by atoms with Crippen LogP contribution >= 0.6 is 15.9 Å². The highest BCUT2D eigenvalue weighted by Crippen LogP contribution is 2.65. The third-order valence-electron chi connectivity index (χ3n) is 8.27. The zero-order chi connectivity index (χ0) is 14.7. The summed E-state index contributed by atoms with van der Waals surface area (Å²) < 4.78 is 0. The van der Waals surface area contributed by atoms with Crippen molar-refractivity contribution in [1.29, 1.82) is 0 Å². The molecule has 1 unspecified atom stereocenters. The number of carbonyl (C=O) groups is 1. The molecule has 0 aromatic heterocycles. The van der Waals surface area contributed by atoms with Crippen LogP contribution in [0.15, 0.2) is 0 Å². The molecule has 6 atom stereocenters. The number of hydrogen-bond donors (Lipinski definition) is 0. The fourth-order valence-corrected chi connectivity index (χ4v) is 8.13. The molecular weight excluding hydrogens is 324 g/mol. The molecule has 0 saturated heterocycles. The highest BCUT2D eigenvalue weighted by atomic mass is 79.9. The Balaban J connectivity index is 1.66. The number of halogens is 1. The minimum absolute atomic E-state index is 0.0268. The van der Waals surface area contributed by atoms with Crippen molar-refractivity contribution in [3.8, 4) is 0 Å². The maximum Gasteiger partial charge on any atom is 0.140 e. The second-order valence-corrected chi connectivity index (χ2v) is 9.25. The Morgan fingerprint density at radius 2 is 1.90 bits per heavy atom. The molecule has 0 amide bonds. The van der Waals surface area contributed by atoms with Gasteiger partial charge in [-0.15, -0.1) is 0 Å². The summed E-state index contributed by atoms with van der Waals surface area (Å²) in [6, 6.07) is 0. The fraction of sp³-hybridized carbons (Fsp3) is 0.947. The molecule has 4 rings (SSSR count). The van der Waals surface area contributed by atoms with E-state index in [-0.39, 0.29) is 5.41 Å². The lowest BCUT2D eigenvalue weighted by Crippen LogP contribution is -2.54. The molecule has 0 aliphatic heterocycles. The Hall–Kier alpha value is 0.150. The molecule has 0 aromatic carbocycles. The van der Waals surface area contributed by atoms with Crippen LogP contribution in [-0.2, 0) is 4.79 Å². The van der Waals surface area contributed by atoms with E-state index in [9.17, 15) is 4.79 Å². The lowest BCUT2D eigenvalue weighted by molar-refractivity contribution is -0.137. The summed E-state index contributed by atoms with van der Waals surface area (Å²) in [4.78, 5) is 12.6. The van der Waals surface area contributed by atoms with Gasteiger partial charge < -0.3 is 0 Å². The van der Waals surface area contributed by atoms with E-state index < -0.39 is 0 Å². The molecule has 2 heteroatoms. The van der Waals surface area contributed by atoms with Gasteiger partial charge in [0.1, 0.15) is 5.78 Å². The fourth-order valence-electron chi connectivity index (χ4n) is 7.12. The summed E-state index contributed by atoms with van der Waals surface area (Å²) in [5, 5.41) is 0.923. The van der Waals surface area contributed by atoms with E-state index in [0.29, 0.717) is 17.1 Å². The summed E-state index contributed by atoms with van der Waals surface area (Å²) in [5.74, 6) is 4.03. The average Bonchev–Trinajstić information content (AvgIpc) is 2.84. The lowest BCUT2D eigenvalue weighted by Gasteiger charge is -2.59. The average molecular weight is 353 g/mol. The first-order valence-electron chi connectivity index (χ1n) is 9.21. The predicted octanol–water partition coefficient (Wildman–Crippen LogP) is 5.36. The van der Waals surface area contributed by atoms with Gasteiger partial charge in [0.2, 0.25) is 0 Å². The van der Waals surface area contributed by atoms with Crippen molar-refractivity contribution in [3.63, 3.8) is 0 Å². The van der Waals surface area contributed by atoms with Crippen LogP contribution in [0, 0.1) is 34.5 Å². The largest absolute Gasteiger partial charge is 0.299 e. The van der Waals surface area contributed by atoms with Crippen LogP contribution in [0.25, 0.3) is 0 Å². The van der Waals surface area contributed by atoms with Gasteiger partial charge in [-0.3, -0.25) is 4.79 Å². The van der Waals surface area contributed by atoms with Crippen LogP contribution in [0.4, 0.5) is 0 Å². The molecule has 21 heavy (non-hydrogen) atoms. The molecule has 118 valence electrons. The van der Waals surface area contributed by atoms with Crippen molar-refractivity contribution >= 4 is 21.7 Å². The smallest absolute Gasteiger partial charge is 0.140 e. The minimum Gasteiger partial charge on any atom is -0.299 e. The molecule has 0 heterocycles. The van der Waals surface area contributed by atoms with Crippen LogP contribution in [0.2, 0.25) is 0 Å². The minimum atomic E-state index is 0.0268. The molecule has 1 nitrogen and oxygen atoms in total. The number of rotatable bonds is 1. The Morgan fingerprint density at radius 3 is 2.71 bits per heavy atom. The molecular formula is C19H29BrO. The number of fused-ring (bicyclic) bond motifs is 5. The molecule has 4 saturated carbocycles. The topological polar surface area (TPSA) is 17.1 Å². The van der Waals surface area contributed by atoms with Crippen LogP contribution in [0.1, 0.15) is 71.1 Å². The van der Waals surface area contributed by atoms with Gasteiger partial charge in [-0.05, 0) is 74.0 Å². The Bertz CT molecular complexity index is 447. The van der Waals surface area contributed by atoms with Crippen LogP contribution in [-0.4, -0.2) is 11.1 Å². The first-order chi connectivity index (χ1) is 10.1. The van der Waals surface area contributed by atoms with Gasteiger partial charge in [-0.1, -0.05) is 35.7 Å². The van der Waals surface area contributed by atoms with E-state index in [0.717, 1.165) is 29.5 Å². The van der Waals surface area contributed by atoms with E-state index in [4.69, 9.17) is 0 Å². The lowest BCUT2D eigenvalue weighted by atomic mass is 9.45. The summed E-state index contributed by atoms with van der Waals surface area (Å²) in [6.07, 6.45) is 13.3. The van der Waals surface area contributed by atoms with Crippen molar-refractivity contribution in [2.45, 2.75) is 71.1 Å². The molecule has 4 fully saturated rings. The Labute approximate surface area is 137 Å². The number of alkyl halides is 1. The van der Waals surface area contributed by atoms with E-state index in [1.807, 2.05) is 0 Å². The van der Waals surface area contributed by atoms with Gasteiger partial charge in [0, 0.05) is 17.2 Å². The quantitative estimate of drug-likeness (QED) is 0.580. The number of Topliss-reactive ketones (excluding diaryl/α,β-unsaturated/α-hetero) is 1. The Morgan fingerprint density at radius 1 is 1.05 bits per heavy atom. The first kappa shape index (κ1) is 14.7. The van der Waals surface area contributed by atoms with E-state index in [1.165, 1.54) is 57.8 Å². The molecule has 0 N–H and O–H groups in total. The highest BCUT2D eigenvalue weighted by molar-refractivity contribution is 9.09. The second kappa shape index (κ2) is 5.08. The summed E-state index contributed by atoms with van der Waals surface area (Å²) in [7, 11) is 0. The van der Waals surface area contributed by atoms with Crippen LogP contribution < -0.4 is 0 Å². The number of carbonyl (C=O) groups excluding carboxylic acids is 1. The van der Waals surface area contributed by atoms with Crippen molar-refractivity contribution in [1.82, 2.24) is 0 Å². The molecule has 0 aromatic rings. The molecule has 0 bridgehead atoms.